The van der Waals surface area contributed by atoms with E-state index in [1.165, 1.54) is 0 Å². The summed E-state index contributed by atoms with van der Waals surface area (Å²) in [6.07, 6.45) is 1.73. The van der Waals surface area contributed by atoms with E-state index < -0.39 is 23.8 Å². The first-order valence-corrected chi connectivity index (χ1v) is 7.92. The van der Waals surface area contributed by atoms with Crippen LogP contribution in [0.2, 0.25) is 5.02 Å². The van der Waals surface area contributed by atoms with Gasteiger partial charge in [-0.15, -0.1) is 0 Å². The third-order valence-electron chi connectivity index (χ3n) is 3.64. The molecule has 0 saturated carbocycles. The molecule has 2 aromatic heterocycles. The lowest BCUT2D eigenvalue weighted by Crippen LogP contribution is -2.20. The van der Waals surface area contributed by atoms with E-state index in [4.69, 9.17) is 16.0 Å². The van der Waals surface area contributed by atoms with Crippen LogP contribution < -0.4 is 15.7 Å². The molecule has 0 unspecified atom stereocenters. The highest BCUT2D eigenvalue weighted by atomic mass is 35.5. The number of nitrogens with one attached hydrogen (secondary N) is 2. The van der Waals surface area contributed by atoms with Gasteiger partial charge in [-0.3, -0.25) is 10.1 Å². The Balaban J connectivity index is 2.16. The van der Waals surface area contributed by atoms with Gasteiger partial charge in [0.15, 0.2) is 11.8 Å². The molecule has 0 radical (unpaired) electrons. The van der Waals surface area contributed by atoms with E-state index in [0.717, 1.165) is 6.07 Å². The molecule has 0 saturated heterocycles. The summed E-state index contributed by atoms with van der Waals surface area (Å²) < 4.78 is 5.55. The predicted octanol–water partition coefficient (Wildman–Crippen LogP) is 2.51. The standard InChI is InChI=1S/C18H15ClN2O4/c19-13-6-2-1-5-12(13)16(21-15-7-3-4-8-20-15)18-17(24)14(23)9-11(10-22)25-18/h1-9,16,22,24H,10H2,(H,20,21)/p+1/t16-/m0/s1. The fourth-order valence-electron chi connectivity index (χ4n) is 2.46. The molecule has 0 aliphatic heterocycles. The monoisotopic (exact) mass is 359 g/mol. The molecule has 4 N–H and O–H groups in total. The number of hydrogen-bond acceptors (Lipinski definition) is 5. The SMILES string of the molecule is O=c1cc(CO)oc([C@@H](Nc2cccc[nH+]2)c2ccccc2Cl)c1O. The van der Waals surface area contributed by atoms with Crippen LogP contribution in [0, 0.1) is 0 Å². The zero-order valence-corrected chi connectivity index (χ0v) is 13.8. The third-order valence-corrected chi connectivity index (χ3v) is 3.99. The van der Waals surface area contributed by atoms with Crippen LogP contribution in [-0.2, 0) is 6.61 Å². The lowest BCUT2D eigenvalue weighted by Gasteiger charge is -2.17. The van der Waals surface area contributed by atoms with Crippen LogP contribution in [0.1, 0.15) is 23.1 Å². The van der Waals surface area contributed by atoms with E-state index in [9.17, 15) is 15.0 Å². The second-order valence-electron chi connectivity index (χ2n) is 5.32. The first-order valence-electron chi connectivity index (χ1n) is 7.54. The number of halogens is 1. The van der Waals surface area contributed by atoms with Gasteiger partial charge in [-0.1, -0.05) is 35.9 Å². The average Bonchev–Trinajstić information content (AvgIpc) is 2.63. The molecular weight excluding hydrogens is 344 g/mol. The van der Waals surface area contributed by atoms with E-state index in [2.05, 4.69) is 10.3 Å². The van der Waals surface area contributed by atoms with E-state index >= 15 is 0 Å². The maximum atomic E-state index is 12.0. The van der Waals surface area contributed by atoms with Gasteiger partial charge in [0.05, 0.1) is 6.20 Å². The summed E-state index contributed by atoms with van der Waals surface area (Å²) in [5.41, 5.74) is -0.0313. The molecule has 25 heavy (non-hydrogen) atoms. The van der Waals surface area contributed by atoms with Crippen molar-refractivity contribution in [2.75, 3.05) is 5.32 Å². The molecule has 1 aromatic carbocycles. The fraction of sp³-hybridized carbons (Fsp3) is 0.111. The molecule has 128 valence electrons. The lowest BCUT2D eigenvalue weighted by atomic mass is 10.0. The van der Waals surface area contributed by atoms with Crippen molar-refractivity contribution in [3.05, 3.63) is 87.1 Å². The first-order chi connectivity index (χ1) is 12.1. The summed E-state index contributed by atoms with van der Waals surface area (Å²) in [5.74, 6) is 0.116. The van der Waals surface area contributed by atoms with Crippen molar-refractivity contribution in [2.45, 2.75) is 12.6 Å². The van der Waals surface area contributed by atoms with Crippen molar-refractivity contribution in [3.8, 4) is 5.75 Å². The number of anilines is 1. The van der Waals surface area contributed by atoms with Crippen molar-refractivity contribution >= 4 is 17.4 Å². The van der Waals surface area contributed by atoms with Gasteiger partial charge >= 0.3 is 0 Å². The van der Waals surface area contributed by atoms with Crippen molar-refractivity contribution < 1.29 is 19.6 Å². The smallest absolute Gasteiger partial charge is 0.273 e. The summed E-state index contributed by atoms with van der Waals surface area (Å²) in [6.45, 7) is -0.463. The Labute approximate surface area is 148 Å². The molecule has 0 spiro atoms. The lowest BCUT2D eigenvalue weighted by molar-refractivity contribution is -0.361. The zero-order chi connectivity index (χ0) is 17.8. The van der Waals surface area contributed by atoms with Gasteiger partial charge in [0.25, 0.3) is 5.82 Å². The van der Waals surface area contributed by atoms with Gasteiger partial charge in [-0.2, -0.15) is 0 Å². The molecule has 7 heteroatoms. The maximum Gasteiger partial charge on any atom is 0.273 e. The Morgan fingerprint density at radius 2 is 1.96 bits per heavy atom. The molecule has 0 bridgehead atoms. The largest absolute Gasteiger partial charge is 0.502 e. The van der Waals surface area contributed by atoms with Crippen molar-refractivity contribution in [1.82, 2.24) is 0 Å². The minimum absolute atomic E-state index is 0.0260. The van der Waals surface area contributed by atoms with Gasteiger partial charge < -0.3 is 14.6 Å². The number of pyridine rings is 1. The van der Waals surface area contributed by atoms with E-state index in [1.54, 1.807) is 36.5 Å². The number of rotatable bonds is 5. The highest BCUT2D eigenvalue weighted by Gasteiger charge is 2.29. The Morgan fingerprint density at radius 1 is 1.20 bits per heavy atom. The van der Waals surface area contributed by atoms with Crippen LogP contribution >= 0.6 is 11.6 Å². The van der Waals surface area contributed by atoms with Crippen LogP contribution in [-0.4, -0.2) is 10.2 Å². The van der Waals surface area contributed by atoms with Gasteiger partial charge in [0.1, 0.15) is 12.4 Å². The molecule has 3 aromatic rings. The van der Waals surface area contributed by atoms with Crippen LogP contribution in [0.3, 0.4) is 0 Å². The van der Waals surface area contributed by atoms with Gasteiger partial charge in [0.2, 0.25) is 11.2 Å². The highest BCUT2D eigenvalue weighted by Crippen LogP contribution is 2.34. The topological polar surface area (TPSA) is 96.8 Å². The molecule has 0 amide bonds. The summed E-state index contributed by atoms with van der Waals surface area (Å²) >= 11 is 6.30. The van der Waals surface area contributed by atoms with Crippen LogP contribution in [0.4, 0.5) is 5.82 Å². The minimum atomic E-state index is -0.744. The number of aliphatic hydroxyl groups excluding tert-OH is 1. The number of hydrogen-bond donors (Lipinski definition) is 3. The molecule has 0 fully saturated rings. The Hall–Kier alpha value is -2.83. The Morgan fingerprint density at radius 3 is 2.64 bits per heavy atom. The normalized spacial score (nSPS) is 11.9. The maximum absolute atomic E-state index is 12.0. The van der Waals surface area contributed by atoms with Crippen LogP contribution in [0.25, 0.3) is 0 Å². The van der Waals surface area contributed by atoms with Crippen molar-refractivity contribution in [2.24, 2.45) is 0 Å². The molecular formula is C18H16ClN2O4+. The number of benzene rings is 1. The molecule has 3 rings (SSSR count). The van der Waals surface area contributed by atoms with Crippen molar-refractivity contribution in [3.63, 3.8) is 0 Å². The molecule has 6 nitrogen and oxygen atoms in total. The average molecular weight is 360 g/mol. The number of aromatic amines is 1. The molecule has 0 aliphatic rings. The number of aliphatic hydroxyl groups is 1. The van der Waals surface area contributed by atoms with Crippen LogP contribution in [0.15, 0.2) is 63.9 Å². The minimum Gasteiger partial charge on any atom is -0.502 e. The first kappa shape index (κ1) is 17.0. The summed E-state index contributed by atoms with van der Waals surface area (Å²) in [4.78, 5) is 15.0. The van der Waals surface area contributed by atoms with Gasteiger partial charge in [-0.25, -0.2) is 4.98 Å². The number of aromatic hydroxyl groups is 1. The number of H-pyrrole nitrogens is 1. The Bertz CT molecular complexity index is 928. The van der Waals surface area contributed by atoms with E-state index in [1.807, 2.05) is 12.1 Å². The third kappa shape index (κ3) is 3.65. The highest BCUT2D eigenvalue weighted by molar-refractivity contribution is 6.31. The van der Waals surface area contributed by atoms with Crippen molar-refractivity contribution in [1.29, 1.82) is 0 Å². The zero-order valence-electron chi connectivity index (χ0n) is 13.1. The molecule has 0 aliphatic carbocycles. The second kappa shape index (κ2) is 7.38. The quantitative estimate of drug-likeness (QED) is 0.650. The summed E-state index contributed by atoms with van der Waals surface area (Å²) in [5, 5.41) is 23.1. The summed E-state index contributed by atoms with van der Waals surface area (Å²) in [6, 6.07) is 12.8. The predicted molar refractivity (Wildman–Crippen MR) is 92.5 cm³/mol. The second-order valence-corrected chi connectivity index (χ2v) is 5.73. The van der Waals surface area contributed by atoms with E-state index in [0.29, 0.717) is 16.4 Å². The van der Waals surface area contributed by atoms with E-state index in [-0.39, 0.29) is 11.5 Å². The summed E-state index contributed by atoms with van der Waals surface area (Å²) in [7, 11) is 0. The van der Waals surface area contributed by atoms with Crippen LogP contribution in [0.5, 0.6) is 5.75 Å². The Kier molecular flexibility index (Phi) is 5.02. The molecule has 1 atom stereocenters. The number of aromatic nitrogens is 1. The van der Waals surface area contributed by atoms with Gasteiger partial charge in [-0.05, 0) is 12.1 Å². The fourth-order valence-corrected chi connectivity index (χ4v) is 2.71. The van der Waals surface area contributed by atoms with Gasteiger partial charge in [0, 0.05) is 22.7 Å². The molecule has 2 heterocycles.